The minimum atomic E-state index is -2.57. The van der Waals surface area contributed by atoms with Crippen LogP contribution in [0.4, 0.5) is 22.2 Å². The van der Waals surface area contributed by atoms with E-state index in [0.717, 1.165) is 48.1 Å². The highest BCUT2D eigenvalue weighted by molar-refractivity contribution is 8.24. The number of carbonyl (C=O) groups is 1. The molecule has 2 fully saturated rings. The summed E-state index contributed by atoms with van der Waals surface area (Å²) in [6, 6.07) is 20.1. The molecule has 2 amide bonds. The molecule has 46 heavy (non-hydrogen) atoms. The lowest BCUT2D eigenvalue weighted by molar-refractivity contribution is 0.240. The highest BCUT2D eigenvalue weighted by atomic mass is 32.3. The first kappa shape index (κ1) is 31.3. The van der Waals surface area contributed by atoms with Gasteiger partial charge >= 0.3 is 6.03 Å². The van der Waals surface area contributed by atoms with E-state index in [1.54, 1.807) is 4.68 Å². The molecular weight excluding hydrogens is 602 g/mol. The van der Waals surface area contributed by atoms with E-state index in [2.05, 4.69) is 31.8 Å². The van der Waals surface area contributed by atoms with Crippen LogP contribution in [0.3, 0.4) is 0 Å². The van der Waals surface area contributed by atoms with Crippen LogP contribution in [0.25, 0.3) is 11.1 Å². The molecule has 3 heterocycles. The number of hydrogen-bond acceptors (Lipinski definition) is 9. The molecule has 0 unspecified atom stereocenters. The van der Waals surface area contributed by atoms with E-state index >= 15 is 0 Å². The van der Waals surface area contributed by atoms with Gasteiger partial charge in [-0.3, -0.25) is 18.7 Å². The van der Waals surface area contributed by atoms with Gasteiger partial charge in [-0.15, -0.1) is 0 Å². The molecule has 2 aromatic carbocycles. The normalized spacial score (nSPS) is 19.9. The fourth-order valence-corrected chi connectivity index (χ4v) is 7.33. The zero-order valence-electron chi connectivity index (χ0n) is 25.8. The van der Waals surface area contributed by atoms with Crippen LogP contribution < -0.4 is 20.4 Å². The van der Waals surface area contributed by atoms with Gasteiger partial charge in [0.05, 0.1) is 23.9 Å². The van der Waals surface area contributed by atoms with Gasteiger partial charge in [-0.2, -0.15) is 25.9 Å². The molecular formula is C33H39N9O3S. The predicted molar refractivity (Wildman–Crippen MR) is 181 cm³/mol. The summed E-state index contributed by atoms with van der Waals surface area (Å²) in [5.41, 5.74) is 4.29. The number of nitrogens with one attached hydrogen (secondary N) is 2. The molecule has 240 valence electrons. The molecule has 12 nitrogen and oxygen atoms in total. The molecule has 6 rings (SSSR count). The fourth-order valence-electron chi connectivity index (χ4n) is 6.10. The smallest absolute Gasteiger partial charge is 0.322 e. The molecule has 2 aromatic heterocycles. The van der Waals surface area contributed by atoms with E-state index in [4.69, 9.17) is 0 Å². The minimum absolute atomic E-state index is 0.00332. The molecule has 1 saturated carbocycles. The van der Waals surface area contributed by atoms with E-state index in [1.807, 2.05) is 83.8 Å². The first-order chi connectivity index (χ1) is 22.3. The number of aromatic nitrogens is 4. The Hall–Kier alpha value is -4.64. The van der Waals surface area contributed by atoms with E-state index in [0.29, 0.717) is 37.0 Å². The molecule has 1 aliphatic heterocycles. The first-order valence-electron chi connectivity index (χ1n) is 15.5. The lowest BCUT2D eigenvalue weighted by Gasteiger charge is -2.41. The maximum absolute atomic E-state index is 13.7. The Morgan fingerprint density at radius 1 is 1.02 bits per heavy atom. The predicted octanol–water partition coefficient (Wildman–Crippen LogP) is 5.46. The summed E-state index contributed by atoms with van der Waals surface area (Å²) in [4.78, 5) is 26.6. The summed E-state index contributed by atoms with van der Waals surface area (Å²) in [7, 11) is -0.676. The van der Waals surface area contributed by atoms with Crippen LogP contribution >= 0.6 is 10.6 Å². The number of nitriles is 1. The lowest BCUT2D eigenvalue weighted by Crippen LogP contribution is -2.48. The van der Waals surface area contributed by atoms with Crippen LogP contribution in [-0.4, -0.2) is 71.6 Å². The molecule has 0 radical (unpaired) electrons. The number of benzene rings is 2. The van der Waals surface area contributed by atoms with Crippen molar-refractivity contribution in [2.75, 3.05) is 39.7 Å². The SMILES string of the molecule is Cn1cc(-c2ccc(N(C(=O)NCc3ccccc3)[C@H]3CC[C@H](Nc4ncc(C#N)c(N5CCS(O)(O)CC5)n4)CC3)cc2)cn1. The summed E-state index contributed by atoms with van der Waals surface area (Å²) in [6.07, 6.45) is 8.51. The van der Waals surface area contributed by atoms with Gasteiger partial charge in [0.25, 0.3) is 0 Å². The molecule has 0 atom stereocenters. The van der Waals surface area contributed by atoms with Gasteiger partial charge in [0.2, 0.25) is 5.95 Å². The maximum Gasteiger partial charge on any atom is 0.322 e. The van der Waals surface area contributed by atoms with E-state index in [9.17, 15) is 19.2 Å². The Bertz CT molecular complexity index is 1670. The summed E-state index contributed by atoms with van der Waals surface area (Å²) in [6.45, 7) is 1.28. The molecule has 4 N–H and O–H groups in total. The Kier molecular flexibility index (Phi) is 9.39. The van der Waals surface area contributed by atoms with Gasteiger partial charge in [0.1, 0.15) is 11.6 Å². The van der Waals surface area contributed by atoms with Crippen molar-refractivity contribution in [3.05, 3.63) is 84.3 Å². The molecule has 13 heteroatoms. The van der Waals surface area contributed by atoms with E-state index in [1.165, 1.54) is 6.20 Å². The van der Waals surface area contributed by atoms with Gasteiger partial charge < -0.3 is 15.5 Å². The molecule has 1 saturated heterocycles. The number of amides is 2. The number of hydrogen-bond donors (Lipinski definition) is 4. The molecule has 4 aromatic rings. The lowest BCUT2D eigenvalue weighted by atomic mass is 9.90. The van der Waals surface area contributed by atoms with Crippen LogP contribution in [0.2, 0.25) is 0 Å². The number of rotatable bonds is 8. The summed E-state index contributed by atoms with van der Waals surface area (Å²) in [5.74, 6) is 1.48. The number of urea groups is 1. The van der Waals surface area contributed by atoms with Crippen molar-refractivity contribution in [3.63, 3.8) is 0 Å². The number of nitrogens with zero attached hydrogens (tertiary/aromatic N) is 7. The van der Waals surface area contributed by atoms with Crippen molar-refractivity contribution in [2.45, 2.75) is 44.3 Å². The van der Waals surface area contributed by atoms with Crippen LogP contribution in [-0.2, 0) is 13.6 Å². The molecule has 0 bridgehead atoms. The molecule has 2 aliphatic rings. The third kappa shape index (κ3) is 7.42. The zero-order valence-corrected chi connectivity index (χ0v) is 26.6. The van der Waals surface area contributed by atoms with Gasteiger partial charge in [-0.1, -0.05) is 42.5 Å². The fraction of sp³-hybridized carbons (Fsp3) is 0.364. The molecule has 0 spiro atoms. The Morgan fingerprint density at radius 3 is 2.39 bits per heavy atom. The number of carbonyl (C=O) groups excluding carboxylic acids is 1. The average molecular weight is 642 g/mol. The third-order valence-electron chi connectivity index (χ3n) is 8.65. The largest absolute Gasteiger partial charge is 0.352 e. The maximum atomic E-state index is 13.7. The van der Waals surface area contributed by atoms with Crippen molar-refractivity contribution >= 4 is 34.1 Å². The van der Waals surface area contributed by atoms with Crippen molar-refractivity contribution in [2.24, 2.45) is 7.05 Å². The number of anilines is 3. The van der Waals surface area contributed by atoms with Crippen LogP contribution in [0.1, 0.15) is 36.8 Å². The van der Waals surface area contributed by atoms with E-state index < -0.39 is 10.6 Å². The second-order valence-electron chi connectivity index (χ2n) is 11.9. The van der Waals surface area contributed by atoms with Crippen molar-refractivity contribution in [1.29, 1.82) is 5.26 Å². The number of aryl methyl sites for hydroxylation is 1. The van der Waals surface area contributed by atoms with Gasteiger partial charge in [0, 0.05) is 56.2 Å². The topological polar surface area (TPSA) is 155 Å². The van der Waals surface area contributed by atoms with Crippen molar-refractivity contribution in [3.8, 4) is 17.2 Å². The Morgan fingerprint density at radius 2 is 1.74 bits per heavy atom. The quantitative estimate of drug-likeness (QED) is 0.196. The summed E-state index contributed by atoms with van der Waals surface area (Å²) >= 11 is 0. The van der Waals surface area contributed by atoms with Crippen molar-refractivity contribution in [1.82, 2.24) is 25.1 Å². The van der Waals surface area contributed by atoms with Crippen molar-refractivity contribution < 1.29 is 13.9 Å². The Balaban J connectivity index is 1.14. The summed E-state index contributed by atoms with van der Waals surface area (Å²) < 4.78 is 21.8. The van der Waals surface area contributed by atoms with Crippen LogP contribution in [0.15, 0.2) is 73.2 Å². The second kappa shape index (κ2) is 13.8. The highest BCUT2D eigenvalue weighted by Crippen LogP contribution is 2.41. The highest BCUT2D eigenvalue weighted by Gasteiger charge is 2.31. The monoisotopic (exact) mass is 641 g/mol. The minimum Gasteiger partial charge on any atom is -0.352 e. The van der Waals surface area contributed by atoms with E-state index in [-0.39, 0.29) is 29.6 Å². The second-order valence-corrected chi connectivity index (χ2v) is 14.3. The van der Waals surface area contributed by atoms with Gasteiger partial charge in [-0.05, 0) is 48.9 Å². The third-order valence-corrected chi connectivity index (χ3v) is 10.3. The first-order valence-corrected chi connectivity index (χ1v) is 17.4. The van der Waals surface area contributed by atoms with Crippen LogP contribution in [0.5, 0.6) is 0 Å². The molecule has 1 aliphatic carbocycles. The van der Waals surface area contributed by atoms with Crippen LogP contribution in [0, 0.1) is 11.3 Å². The Labute approximate surface area is 270 Å². The van der Waals surface area contributed by atoms with Gasteiger partial charge in [0.15, 0.2) is 5.82 Å². The summed E-state index contributed by atoms with van der Waals surface area (Å²) in [5, 5.41) is 20.5. The average Bonchev–Trinajstić information content (AvgIpc) is 3.51. The standard InChI is InChI=1S/C33H39N9O3S/c1-40-23-27(22-37-40)25-7-11-29(12-8-25)42(33(43)36-20-24-5-3-2-4-6-24)30-13-9-28(10-14-30)38-32-35-21-26(19-34)31(39-32)41-15-17-46(44,45)18-16-41/h2-8,11-12,21-23,28,30,44-45H,9-10,13-18,20H2,1H3,(H,36,43)(H,35,38,39)/t28-,30-. The zero-order chi connectivity index (χ0) is 32.1. The van der Waals surface area contributed by atoms with Gasteiger partial charge in [-0.25, -0.2) is 9.78 Å².